The van der Waals surface area contributed by atoms with E-state index in [1.807, 2.05) is 0 Å². The summed E-state index contributed by atoms with van der Waals surface area (Å²) >= 11 is 0. The minimum absolute atomic E-state index is 0.0140. The van der Waals surface area contributed by atoms with Gasteiger partial charge >= 0.3 is 5.69 Å². The smallest absolute Gasteiger partial charge is 0.328 e. The summed E-state index contributed by atoms with van der Waals surface area (Å²) in [6, 6.07) is 6.85. The van der Waals surface area contributed by atoms with Crippen LogP contribution in [-0.4, -0.2) is 21.9 Å². The summed E-state index contributed by atoms with van der Waals surface area (Å²) in [5, 5.41) is 12.9. The lowest BCUT2D eigenvalue weighted by atomic mass is 10.1. The Hall–Kier alpha value is -3.09. The van der Waals surface area contributed by atoms with Crippen molar-refractivity contribution in [2.45, 2.75) is 31.8 Å². The van der Waals surface area contributed by atoms with Crippen LogP contribution in [-0.2, 0) is 0 Å². The normalized spacial score (nSPS) is 14.7. The molecule has 1 aromatic carbocycles. The lowest BCUT2D eigenvalue weighted by Gasteiger charge is -2.15. The Morgan fingerprint density at radius 2 is 2.08 bits per heavy atom. The molecule has 0 aliphatic heterocycles. The Labute approximate surface area is 148 Å². The highest BCUT2D eigenvalue weighted by atomic mass is 19.1. The fraction of sp³-hybridized carbons (Fsp3) is 0.263. The maximum atomic E-state index is 13.6. The molecule has 0 N–H and O–H groups in total. The molecule has 3 aromatic rings. The summed E-state index contributed by atoms with van der Waals surface area (Å²) in [6.07, 6.45) is 6.59. The summed E-state index contributed by atoms with van der Waals surface area (Å²) in [6.45, 7) is 0. The summed E-state index contributed by atoms with van der Waals surface area (Å²) in [7, 11) is 0. The SMILES string of the molecule is O=C(c1cccnc1)c1c(OC2CCCC2)nc2ccc(F)cc2[n+]1[O-]. The van der Waals surface area contributed by atoms with Crippen LogP contribution in [0.3, 0.4) is 0 Å². The summed E-state index contributed by atoms with van der Waals surface area (Å²) in [4.78, 5) is 21.2. The highest BCUT2D eigenvalue weighted by molar-refractivity contribution is 6.08. The van der Waals surface area contributed by atoms with E-state index in [1.54, 1.807) is 12.1 Å². The summed E-state index contributed by atoms with van der Waals surface area (Å²) in [5.41, 5.74) is 0.252. The number of nitrogens with zero attached hydrogens (tertiary/aromatic N) is 3. The third-order valence-corrected chi connectivity index (χ3v) is 4.50. The lowest BCUT2D eigenvalue weighted by Crippen LogP contribution is -2.38. The second kappa shape index (κ2) is 6.67. The molecule has 1 fully saturated rings. The molecule has 0 bridgehead atoms. The van der Waals surface area contributed by atoms with E-state index < -0.39 is 11.6 Å². The van der Waals surface area contributed by atoms with Gasteiger partial charge in [0.2, 0.25) is 5.52 Å². The van der Waals surface area contributed by atoms with E-state index in [0.717, 1.165) is 31.7 Å². The molecule has 0 radical (unpaired) electrons. The van der Waals surface area contributed by atoms with Gasteiger partial charge in [-0.2, -0.15) is 4.73 Å². The zero-order chi connectivity index (χ0) is 18.1. The molecular weight excluding hydrogens is 337 g/mol. The van der Waals surface area contributed by atoms with Crippen molar-refractivity contribution in [1.29, 1.82) is 0 Å². The van der Waals surface area contributed by atoms with E-state index in [2.05, 4.69) is 9.97 Å². The fourth-order valence-electron chi connectivity index (χ4n) is 3.19. The molecule has 2 heterocycles. The van der Waals surface area contributed by atoms with Crippen molar-refractivity contribution in [2.24, 2.45) is 0 Å². The predicted octanol–water partition coefficient (Wildman–Crippen LogP) is 2.95. The zero-order valence-corrected chi connectivity index (χ0v) is 13.9. The number of ketones is 1. The number of ether oxygens (including phenoxy) is 1. The van der Waals surface area contributed by atoms with Gasteiger partial charge in [0.15, 0.2) is 0 Å². The maximum Gasteiger partial charge on any atom is 0.328 e. The molecule has 26 heavy (non-hydrogen) atoms. The van der Waals surface area contributed by atoms with Crippen molar-refractivity contribution in [2.75, 3.05) is 0 Å². The van der Waals surface area contributed by atoms with Gasteiger partial charge in [0.05, 0.1) is 0 Å². The van der Waals surface area contributed by atoms with Crippen molar-refractivity contribution < 1.29 is 18.7 Å². The maximum absolute atomic E-state index is 13.6. The van der Waals surface area contributed by atoms with Crippen molar-refractivity contribution in [3.63, 3.8) is 0 Å². The molecule has 0 unspecified atom stereocenters. The Morgan fingerprint density at radius 3 is 2.81 bits per heavy atom. The van der Waals surface area contributed by atoms with Crippen LogP contribution in [0.5, 0.6) is 5.88 Å². The molecule has 7 heteroatoms. The van der Waals surface area contributed by atoms with Crippen LogP contribution in [0.25, 0.3) is 11.0 Å². The van der Waals surface area contributed by atoms with Crippen LogP contribution in [0.1, 0.15) is 41.7 Å². The van der Waals surface area contributed by atoms with E-state index >= 15 is 0 Å². The van der Waals surface area contributed by atoms with E-state index in [-0.39, 0.29) is 34.3 Å². The van der Waals surface area contributed by atoms with Crippen LogP contribution in [0.4, 0.5) is 4.39 Å². The number of hydrogen-bond donors (Lipinski definition) is 0. The first kappa shape index (κ1) is 16.4. The summed E-state index contributed by atoms with van der Waals surface area (Å²) in [5.74, 6) is -1.15. The van der Waals surface area contributed by atoms with Gasteiger partial charge in [-0.05, 0) is 49.9 Å². The second-order valence-corrected chi connectivity index (χ2v) is 6.29. The van der Waals surface area contributed by atoms with Crippen molar-refractivity contribution in [3.05, 3.63) is 65.0 Å². The van der Waals surface area contributed by atoms with Gasteiger partial charge in [0.25, 0.3) is 11.7 Å². The van der Waals surface area contributed by atoms with Gasteiger partial charge in [-0.3, -0.25) is 9.78 Å². The number of fused-ring (bicyclic) bond motifs is 1. The standard InChI is InChI=1S/C19H16FN3O3/c20-13-7-8-15-16(10-13)23(25)17(18(24)12-4-3-9-21-11-12)19(22-15)26-14-5-1-2-6-14/h3-4,7-11,14H,1-2,5-6H2. The molecular formula is C19H16FN3O3. The molecule has 1 saturated carbocycles. The number of carbonyl (C=O) groups excluding carboxylic acids is 1. The molecule has 0 saturated heterocycles. The Morgan fingerprint density at radius 1 is 1.27 bits per heavy atom. The molecule has 132 valence electrons. The van der Waals surface area contributed by atoms with Gasteiger partial charge in [-0.25, -0.2) is 9.37 Å². The van der Waals surface area contributed by atoms with Crippen molar-refractivity contribution in [1.82, 2.24) is 9.97 Å². The average Bonchev–Trinajstić information content (AvgIpc) is 3.16. The van der Waals surface area contributed by atoms with Gasteiger partial charge in [0, 0.05) is 24.0 Å². The first-order chi connectivity index (χ1) is 12.6. The van der Waals surface area contributed by atoms with Gasteiger partial charge in [-0.15, -0.1) is 0 Å². The highest BCUT2D eigenvalue weighted by Gasteiger charge is 2.31. The number of aromatic nitrogens is 3. The van der Waals surface area contributed by atoms with E-state index in [4.69, 9.17) is 4.74 Å². The number of benzene rings is 1. The highest BCUT2D eigenvalue weighted by Crippen LogP contribution is 2.27. The average molecular weight is 353 g/mol. The Bertz CT molecular complexity index is 973. The quantitative estimate of drug-likeness (QED) is 0.409. The first-order valence-electron chi connectivity index (χ1n) is 8.47. The molecule has 0 amide bonds. The molecule has 6 nitrogen and oxygen atoms in total. The van der Waals surface area contributed by atoms with Gasteiger partial charge in [-0.1, -0.05) is 0 Å². The summed E-state index contributed by atoms with van der Waals surface area (Å²) < 4.78 is 19.9. The monoisotopic (exact) mass is 353 g/mol. The zero-order valence-electron chi connectivity index (χ0n) is 13.9. The topological polar surface area (TPSA) is 79.0 Å². The Balaban J connectivity index is 1.89. The Kier molecular flexibility index (Phi) is 4.20. The molecule has 0 spiro atoms. The fourth-order valence-corrected chi connectivity index (χ4v) is 3.19. The number of halogens is 1. The number of pyridine rings is 1. The van der Waals surface area contributed by atoms with Crippen LogP contribution in [0.2, 0.25) is 0 Å². The van der Waals surface area contributed by atoms with Crippen LogP contribution in [0.15, 0.2) is 42.7 Å². The van der Waals surface area contributed by atoms with Crippen molar-refractivity contribution in [3.8, 4) is 5.88 Å². The van der Waals surface area contributed by atoms with Crippen LogP contribution < -0.4 is 9.47 Å². The molecule has 1 aliphatic carbocycles. The molecule has 1 aliphatic rings. The van der Waals surface area contributed by atoms with E-state index in [1.165, 1.54) is 24.5 Å². The lowest BCUT2D eigenvalue weighted by molar-refractivity contribution is -0.580. The van der Waals surface area contributed by atoms with Crippen molar-refractivity contribution >= 4 is 16.8 Å². The third-order valence-electron chi connectivity index (χ3n) is 4.50. The number of hydrogen-bond acceptors (Lipinski definition) is 5. The van der Waals surface area contributed by atoms with Gasteiger partial charge < -0.3 is 9.94 Å². The predicted molar refractivity (Wildman–Crippen MR) is 91.2 cm³/mol. The molecule has 0 atom stereocenters. The number of rotatable bonds is 4. The van der Waals surface area contributed by atoms with Crippen LogP contribution in [0, 0.1) is 11.0 Å². The van der Waals surface area contributed by atoms with Crippen LogP contribution >= 0.6 is 0 Å². The molecule has 4 rings (SSSR count). The number of carbonyl (C=O) groups is 1. The largest absolute Gasteiger partial charge is 0.618 e. The van der Waals surface area contributed by atoms with E-state index in [0.29, 0.717) is 4.73 Å². The first-order valence-corrected chi connectivity index (χ1v) is 8.47. The third kappa shape index (κ3) is 2.96. The molecule has 2 aromatic heterocycles. The minimum atomic E-state index is -0.576. The van der Waals surface area contributed by atoms with Gasteiger partial charge in [0.1, 0.15) is 17.4 Å². The minimum Gasteiger partial charge on any atom is -0.618 e. The second-order valence-electron chi connectivity index (χ2n) is 6.29. The van der Waals surface area contributed by atoms with E-state index in [9.17, 15) is 14.4 Å².